The summed E-state index contributed by atoms with van der Waals surface area (Å²) in [4.78, 5) is 28.9. The molecule has 0 aliphatic heterocycles. The van der Waals surface area contributed by atoms with Gasteiger partial charge in [0.2, 0.25) is 5.91 Å². The third-order valence-electron chi connectivity index (χ3n) is 4.23. The molecule has 0 spiro atoms. The van der Waals surface area contributed by atoms with Gasteiger partial charge >= 0.3 is 0 Å². The van der Waals surface area contributed by atoms with Gasteiger partial charge in [-0.15, -0.1) is 11.8 Å². The molecular weight excluding hydrogens is 404 g/mol. The third-order valence-corrected chi connectivity index (χ3v) is 5.26. The van der Waals surface area contributed by atoms with E-state index in [-0.39, 0.29) is 18.4 Å². The van der Waals surface area contributed by atoms with Crippen molar-refractivity contribution in [1.82, 2.24) is 10.1 Å². The van der Waals surface area contributed by atoms with Gasteiger partial charge in [-0.1, -0.05) is 11.2 Å². The molecule has 0 saturated carbocycles. The van der Waals surface area contributed by atoms with Crippen molar-refractivity contribution >= 4 is 35.0 Å². The number of rotatable bonds is 8. The summed E-state index contributed by atoms with van der Waals surface area (Å²) in [6, 6.07) is 10.3. The van der Waals surface area contributed by atoms with Crippen molar-refractivity contribution < 1.29 is 18.8 Å². The molecular formula is C21H22N4O4S. The van der Waals surface area contributed by atoms with Gasteiger partial charge in [-0.3, -0.25) is 9.59 Å². The van der Waals surface area contributed by atoms with Crippen molar-refractivity contribution in [3.05, 3.63) is 65.2 Å². The minimum atomic E-state index is -0.287. The Kier molecular flexibility index (Phi) is 7.21. The van der Waals surface area contributed by atoms with E-state index in [2.05, 4.69) is 20.8 Å². The summed E-state index contributed by atoms with van der Waals surface area (Å²) in [6.07, 6.45) is 1.65. The fourth-order valence-electron chi connectivity index (χ4n) is 2.73. The highest BCUT2D eigenvalue weighted by molar-refractivity contribution is 7.98. The maximum absolute atomic E-state index is 12.9. The van der Waals surface area contributed by atoms with Gasteiger partial charge in [0, 0.05) is 36.0 Å². The Morgan fingerprint density at radius 3 is 2.60 bits per heavy atom. The summed E-state index contributed by atoms with van der Waals surface area (Å²) < 4.78 is 10.00. The molecule has 9 heteroatoms. The quantitative estimate of drug-likeness (QED) is 0.528. The summed E-state index contributed by atoms with van der Waals surface area (Å²) in [5.41, 5.74) is 3.41. The first-order chi connectivity index (χ1) is 14.5. The van der Waals surface area contributed by atoms with Crippen LogP contribution in [0, 0.1) is 13.8 Å². The second-order valence-corrected chi connectivity index (χ2v) is 7.43. The molecule has 2 amide bonds. The van der Waals surface area contributed by atoms with Gasteiger partial charge in [0.05, 0.1) is 11.3 Å². The first kappa shape index (κ1) is 21.5. The standard InChI is InChI=1S/C21H22N4O4S/c1-13-18(14(2)29-25-13)12-30-21-17(8-5-9-22-21)20(27)24-16-7-4-6-15(10-16)23-19(26)11-28-3/h4-10H,11-12H2,1-3H3,(H,23,26)(H,24,27). The molecule has 0 bridgehead atoms. The van der Waals surface area contributed by atoms with Gasteiger partial charge in [0.25, 0.3) is 5.91 Å². The lowest BCUT2D eigenvalue weighted by Crippen LogP contribution is -2.17. The van der Waals surface area contributed by atoms with E-state index in [1.165, 1.54) is 18.9 Å². The summed E-state index contributed by atoms with van der Waals surface area (Å²) in [5, 5.41) is 10.1. The first-order valence-corrected chi connectivity index (χ1v) is 10.2. The fourth-order valence-corrected chi connectivity index (χ4v) is 3.87. The third kappa shape index (κ3) is 5.46. The molecule has 2 heterocycles. The summed E-state index contributed by atoms with van der Waals surface area (Å²) in [5.74, 6) is 0.796. The number of hydrogen-bond acceptors (Lipinski definition) is 7. The normalized spacial score (nSPS) is 10.6. The number of benzene rings is 1. The lowest BCUT2D eigenvalue weighted by molar-refractivity contribution is -0.119. The Bertz CT molecular complexity index is 1030. The molecule has 0 atom stereocenters. The van der Waals surface area contributed by atoms with E-state index in [4.69, 9.17) is 9.26 Å². The Morgan fingerprint density at radius 1 is 1.13 bits per heavy atom. The number of carbonyl (C=O) groups excluding carboxylic acids is 2. The van der Waals surface area contributed by atoms with E-state index >= 15 is 0 Å². The smallest absolute Gasteiger partial charge is 0.258 e. The van der Waals surface area contributed by atoms with E-state index in [1.54, 1.807) is 42.6 Å². The summed E-state index contributed by atoms with van der Waals surface area (Å²) in [6.45, 7) is 3.70. The van der Waals surface area contributed by atoms with Gasteiger partial charge in [0.1, 0.15) is 17.4 Å². The number of methoxy groups -OCH3 is 1. The van der Waals surface area contributed by atoms with Gasteiger partial charge in [-0.25, -0.2) is 4.98 Å². The van der Waals surface area contributed by atoms with Gasteiger partial charge in [-0.05, 0) is 44.2 Å². The minimum Gasteiger partial charge on any atom is -0.375 e. The van der Waals surface area contributed by atoms with Crippen LogP contribution in [-0.2, 0) is 15.3 Å². The topological polar surface area (TPSA) is 106 Å². The molecule has 156 valence electrons. The highest BCUT2D eigenvalue weighted by Gasteiger charge is 2.16. The zero-order chi connectivity index (χ0) is 21.5. The van der Waals surface area contributed by atoms with E-state index in [0.29, 0.717) is 27.7 Å². The fraction of sp³-hybridized carbons (Fsp3) is 0.238. The van der Waals surface area contributed by atoms with Crippen molar-refractivity contribution in [2.45, 2.75) is 24.6 Å². The van der Waals surface area contributed by atoms with E-state index in [1.807, 2.05) is 13.8 Å². The van der Waals surface area contributed by atoms with Crippen molar-refractivity contribution in [3.63, 3.8) is 0 Å². The van der Waals surface area contributed by atoms with Gasteiger partial charge in [-0.2, -0.15) is 0 Å². The number of anilines is 2. The van der Waals surface area contributed by atoms with Crippen LogP contribution in [0.3, 0.4) is 0 Å². The van der Waals surface area contributed by atoms with E-state index in [0.717, 1.165) is 17.0 Å². The molecule has 3 aromatic rings. The summed E-state index contributed by atoms with van der Waals surface area (Å²) in [7, 11) is 1.45. The molecule has 1 aromatic carbocycles. The maximum Gasteiger partial charge on any atom is 0.258 e. The van der Waals surface area contributed by atoms with Gasteiger partial charge < -0.3 is 19.9 Å². The van der Waals surface area contributed by atoms with Crippen LogP contribution < -0.4 is 10.6 Å². The predicted octanol–water partition coefficient (Wildman–Crippen LogP) is 3.82. The van der Waals surface area contributed by atoms with Crippen LogP contribution in [0.1, 0.15) is 27.4 Å². The zero-order valence-corrected chi connectivity index (χ0v) is 17.7. The van der Waals surface area contributed by atoms with Crippen molar-refractivity contribution in [1.29, 1.82) is 0 Å². The van der Waals surface area contributed by atoms with Crippen LogP contribution >= 0.6 is 11.8 Å². The van der Waals surface area contributed by atoms with Crippen molar-refractivity contribution in [2.24, 2.45) is 0 Å². The number of ether oxygens (including phenoxy) is 1. The van der Waals surface area contributed by atoms with Crippen LogP contribution in [0.25, 0.3) is 0 Å². The number of carbonyl (C=O) groups is 2. The Hall–Kier alpha value is -3.17. The Balaban J connectivity index is 1.71. The molecule has 0 unspecified atom stereocenters. The molecule has 3 rings (SSSR count). The maximum atomic E-state index is 12.9. The molecule has 2 aromatic heterocycles. The number of thioether (sulfide) groups is 1. The Labute approximate surface area is 178 Å². The molecule has 8 nitrogen and oxygen atoms in total. The van der Waals surface area contributed by atoms with Crippen molar-refractivity contribution in [3.8, 4) is 0 Å². The average molecular weight is 426 g/mol. The number of nitrogens with one attached hydrogen (secondary N) is 2. The van der Waals surface area contributed by atoms with Crippen LogP contribution in [-0.4, -0.2) is 35.7 Å². The first-order valence-electron chi connectivity index (χ1n) is 9.17. The number of nitrogens with zero attached hydrogens (tertiary/aromatic N) is 2. The number of hydrogen-bond donors (Lipinski definition) is 2. The van der Waals surface area contributed by atoms with Crippen LogP contribution in [0.2, 0.25) is 0 Å². The molecule has 30 heavy (non-hydrogen) atoms. The highest BCUT2D eigenvalue weighted by Crippen LogP contribution is 2.28. The van der Waals surface area contributed by atoms with Crippen LogP contribution in [0.5, 0.6) is 0 Å². The number of aromatic nitrogens is 2. The Morgan fingerprint density at radius 2 is 1.90 bits per heavy atom. The van der Waals surface area contributed by atoms with Crippen LogP contribution in [0.15, 0.2) is 52.1 Å². The predicted molar refractivity (Wildman–Crippen MR) is 115 cm³/mol. The lowest BCUT2D eigenvalue weighted by atomic mass is 10.2. The van der Waals surface area contributed by atoms with Crippen molar-refractivity contribution in [2.75, 3.05) is 24.4 Å². The molecule has 0 radical (unpaired) electrons. The molecule has 0 aliphatic carbocycles. The minimum absolute atomic E-state index is 0.0437. The number of amides is 2. The van der Waals surface area contributed by atoms with E-state index in [9.17, 15) is 9.59 Å². The molecule has 0 fully saturated rings. The number of aryl methyl sites for hydroxylation is 2. The van der Waals surface area contributed by atoms with Crippen LogP contribution in [0.4, 0.5) is 11.4 Å². The SMILES string of the molecule is COCC(=O)Nc1cccc(NC(=O)c2cccnc2SCc2c(C)noc2C)c1. The second-order valence-electron chi connectivity index (χ2n) is 6.46. The zero-order valence-electron chi connectivity index (χ0n) is 16.9. The largest absolute Gasteiger partial charge is 0.375 e. The van der Waals surface area contributed by atoms with Gasteiger partial charge in [0.15, 0.2) is 0 Å². The molecule has 0 aliphatic rings. The lowest BCUT2D eigenvalue weighted by Gasteiger charge is -2.11. The highest BCUT2D eigenvalue weighted by atomic mass is 32.2. The monoisotopic (exact) mass is 426 g/mol. The summed E-state index contributed by atoms with van der Waals surface area (Å²) >= 11 is 1.45. The second kappa shape index (κ2) is 10.0. The molecule has 2 N–H and O–H groups in total. The number of pyridine rings is 1. The molecule has 0 saturated heterocycles. The average Bonchev–Trinajstić information content (AvgIpc) is 3.04. The van der Waals surface area contributed by atoms with E-state index < -0.39 is 0 Å².